The minimum atomic E-state index is 0.988. The van der Waals surface area contributed by atoms with Crippen molar-refractivity contribution in [2.24, 2.45) is 0 Å². The first-order valence-electron chi connectivity index (χ1n) is 5.84. The van der Waals surface area contributed by atoms with Crippen molar-refractivity contribution in [3.63, 3.8) is 0 Å². The van der Waals surface area contributed by atoms with Gasteiger partial charge in [0, 0.05) is 17.9 Å². The van der Waals surface area contributed by atoms with E-state index < -0.39 is 0 Å². The van der Waals surface area contributed by atoms with E-state index in [9.17, 15) is 0 Å². The third-order valence-electron chi connectivity index (χ3n) is 3.07. The number of aromatic nitrogens is 3. The maximum absolute atomic E-state index is 4.62. The summed E-state index contributed by atoms with van der Waals surface area (Å²) >= 11 is 0. The lowest BCUT2D eigenvalue weighted by Crippen LogP contribution is -2.10. The van der Waals surface area contributed by atoms with Crippen LogP contribution in [0.3, 0.4) is 0 Å². The van der Waals surface area contributed by atoms with Crippen LogP contribution in [0.25, 0.3) is 11.4 Å². The summed E-state index contributed by atoms with van der Waals surface area (Å²) < 4.78 is 2.13. The maximum Gasteiger partial charge on any atom is 0.111 e. The standard InChI is InChI=1S/C13H15N3/c1-10-5-4-7-12(14-10)13-9-11-6-2-3-8-16(11)15-13/h4-5,7,9H,2-3,6,8H2,1H3. The van der Waals surface area contributed by atoms with Crippen molar-refractivity contribution in [3.05, 3.63) is 35.7 Å². The molecule has 3 heteroatoms. The van der Waals surface area contributed by atoms with Crippen LogP contribution in [-0.4, -0.2) is 14.8 Å². The Morgan fingerprint density at radius 1 is 1.19 bits per heavy atom. The molecule has 0 atom stereocenters. The molecule has 0 amide bonds. The van der Waals surface area contributed by atoms with E-state index >= 15 is 0 Å². The van der Waals surface area contributed by atoms with Gasteiger partial charge < -0.3 is 0 Å². The summed E-state index contributed by atoms with van der Waals surface area (Å²) in [6.45, 7) is 3.07. The third kappa shape index (κ3) is 1.62. The molecule has 16 heavy (non-hydrogen) atoms. The van der Waals surface area contributed by atoms with Crippen LogP contribution < -0.4 is 0 Å². The highest BCUT2D eigenvalue weighted by Gasteiger charge is 2.13. The highest BCUT2D eigenvalue weighted by Crippen LogP contribution is 2.21. The molecule has 82 valence electrons. The van der Waals surface area contributed by atoms with Crippen LogP contribution in [-0.2, 0) is 13.0 Å². The largest absolute Gasteiger partial charge is 0.269 e. The van der Waals surface area contributed by atoms with E-state index in [1.807, 2.05) is 25.1 Å². The molecule has 0 saturated carbocycles. The Hall–Kier alpha value is -1.64. The van der Waals surface area contributed by atoms with Crippen molar-refractivity contribution in [3.8, 4) is 11.4 Å². The van der Waals surface area contributed by atoms with Gasteiger partial charge in [0.05, 0.1) is 5.69 Å². The van der Waals surface area contributed by atoms with Gasteiger partial charge in [0.15, 0.2) is 0 Å². The number of rotatable bonds is 1. The van der Waals surface area contributed by atoms with E-state index in [0.29, 0.717) is 0 Å². The number of hydrogen-bond acceptors (Lipinski definition) is 2. The van der Waals surface area contributed by atoms with Crippen LogP contribution in [0.5, 0.6) is 0 Å². The zero-order valence-corrected chi connectivity index (χ0v) is 9.48. The Labute approximate surface area is 95.1 Å². The number of nitrogens with zero attached hydrogens (tertiary/aromatic N) is 3. The van der Waals surface area contributed by atoms with Crippen molar-refractivity contribution >= 4 is 0 Å². The predicted octanol–water partition coefficient (Wildman–Crippen LogP) is 2.59. The molecule has 0 radical (unpaired) electrons. The Bertz CT molecular complexity index is 490. The molecule has 0 N–H and O–H groups in total. The summed E-state index contributed by atoms with van der Waals surface area (Å²) in [7, 11) is 0. The first-order valence-corrected chi connectivity index (χ1v) is 5.84. The van der Waals surface area contributed by atoms with Gasteiger partial charge in [0.1, 0.15) is 5.69 Å². The zero-order chi connectivity index (χ0) is 11.0. The normalized spacial score (nSPS) is 14.8. The van der Waals surface area contributed by atoms with Gasteiger partial charge in [0.2, 0.25) is 0 Å². The first kappa shape index (κ1) is 9.58. The molecule has 0 aromatic carbocycles. The van der Waals surface area contributed by atoms with Gasteiger partial charge in [-0.25, -0.2) is 0 Å². The molecule has 0 spiro atoms. The van der Waals surface area contributed by atoms with Crippen molar-refractivity contribution in [1.82, 2.24) is 14.8 Å². The van der Waals surface area contributed by atoms with Gasteiger partial charge in [-0.15, -0.1) is 0 Å². The van der Waals surface area contributed by atoms with Gasteiger partial charge in [-0.2, -0.15) is 5.10 Å². The van der Waals surface area contributed by atoms with Crippen molar-refractivity contribution in [2.45, 2.75) is 32.7 Å². The van der Waals surface area contributed by atoms with Crippen molar-refractivity contribution in [2.75, 3.05) is 0 Å². The highest BCUT2D eigenvalue weighted by molar-refractivity contribution is 5.54. The molecule has 1 aliphatic rings. The van der Waals surface area contributed by atoms with Gasteiger partial charge in [0.25, 0.3) is 0 Å². The summed E-state index contributed by atoms with van der Waals surface area (Å²) in [6, 6.07) is 8.26. The molecule has 2 aromatic heterocycles. The molecule has 0 bridgehead atoms. The first-order chi connectivity index (χ1) is 7.83. The minimum absolute atomic E-state index is 0.988. The van der Waals surface area contributed by atoms with Crippen LogP contribution in [0.4, 0.5) is 0 Å². The molecule has 0 aliphatic carbocycles. The summed E-state index contributed by atoms with van der Waals surface area (Å²) in [4.78, 5) is 4.51. The van der Waals surface area contributed by atoms with E-state index in [2.05, 4.69) is 20.8 Å². The predicted molar refractivity (Wildman–Crippen MR) is 63.1 cm³/mol. The van der Waals surface area contributed by atoms with Crippen LogP contribution in [0, 0.1) is 6.92 Å². The second-order valence-electron chi connectivity index (χ2n) is 4.37. The molecule has 3 rings (SSSR count). The second kappa shape index (κ2) is 3.74. The lowest BCUT2D eigenvalue weighted by molar-refractivity contribution is 0.487. The lowest BCUT2D eigenvalue weighted by atomic mass is 10.1. The Kier molecular flexibility index (Phi) is 2.24. The van der Waals surface area contributed by atoms with Crippen LogP contribution >= 0.6 is 0 Å². The highest BCUT2D eigenvalue weighted by atomic mass is 15.3. The lowest BCUT2D eigenvalue weighted by Gasteiger charge is -2.11. The number of pyridine rings is 1. The molecule has 3 heterocycles. The van der Waals surface area contributed by atoms with Crippen molar-refractivity contribution in [1.29, 1.82) is 0 Å². The van der Waals surface area contributed by atoms with Gasteiger partial charge >= 0.3 is 0 Å². The summed E-state index contributed by atoms with van der Waals surface area (Å²) in [6.07, 6.45) is 3.68. The fourth-order valence-electron chi connectivity index (χ4n) is 2.23. The molecule has 1 aliphatic heterocycles. The summed E-state index contributed by atoms with van der Waals surface area (Å²) in [5.41, 5.74) is 4.40. The summed E-state index contributed by atoms with van der Waals surface area (Å²) in [5.74, 6) is 0. The van der Waals surface area contributed by atoms with E-state index in [0.717, 1.165) is 30.0 Å². The Morgan fingerprint density at radius 3 is 2.94 bits per heavy atom. The smallest absolute Gasteiger partial charge is 0.111 e. The topological polar surface area (TPSA) is 30.7 Å². The van der Waals surface area contributed by atoms with E-state index in [4.69, 9.17) is 0 Å². The second-order valence-corrected chi connectivity index (χ2v) is 4.37. The molecule has 2 aromatic rings. The summed E-state index contributed by atoms with van der Waals surface area (Å²) in [5, 5.41) is 4.62. The minimum Gasteiger partial charge on any atom is -0.269 e. The SMILES string of the molecule is Cc1cccc(-c2cc3n(n2)CCCC3)n1. The number of hydrogen-bond donors (Lipinski definition) is 0. The maximum atomic E-state index is 4.62. The van der Waals surface area contributed by atoms with Gasteiger partial charge in [-0.05, 0) is 44.4 Å². The number of fused-ring (bicyclic) bond motifs is 1. The van der Waals surface area contributed by atoms with E-state index in [1.165, 1.54) is 18.5 Å². The molecule has 0 unspecified atom stereocenters. The van der Waals surface area contributed by atoms with Crippen molar-refractivity contribution < 1.29 is 0 Å². The van der Waals surface area contributed by atoms with E-state index in [1.54, 1.807) is 0 Å². The average Bonchev–Trinajstić information content (AvgIpc) is 2.72. The fourth-order valence-corrected chi connectivity index (χ4v) is 2.23. The quantitative estimate of drug-likeness (QED) is 0.729. The van der Waals surface area contributed by atoms with Crippen LogP contribution in [0.1, 0.15) is 24.2 Å². The molecule has 0 fully saturated rings. The molecule has 0 saturated heterocycles. The fraction of sp³-hybridized carbons (Fsp3) is 0.385. The molecule has 3 nitrogen and oxygen atoms in total. The van der Waals surface area contributed by atoms with Gasteiger partial charge in [-0.1, -0.05) is 6.07 Å². The average molecular weight is 213 g/mol. The van der Waals surface area contributed by atoms with Crippen LogP contribution in [0.15, 0.2) is 24.3 Å². The molecular weight excluding hydrogens is 198 g/mol. The van der Waals surface area contributed by atoms with Gasteiger partial charge in [-0.3, -0.25) is 9.67 Å². The Morgan fingerprint density at radius 2 is 2.12 bits per heavy atom. The number of aryl methyl sites for hydroxylation is 3. The Balaban J connectivity index is 2.03. The van der Waals surface area contributed by atoms with Crippen LogP contribution in [0.2, 0.25) is 0 Å². The zero-order valence-electron chi connectivity index (χ0n) is 9.48. The van der Waals surface area contributed by atoms with E-state index in [-0.39, 0.29) is 0 Å². The monoisotopic (exact) mass is 213 g/mol. The molecular formula is C13H15N3. The third-order valence-corrected chi connectivity index (χ3v) is 3.07.